The van der Waals surface area contributed by atoms with E-state index < -0.39 is 12.0 Å². The maximum atomic E-state index is 10.9. The largest absolute Gasteiger partial charge is 0.480 e. The van der Waals surface area contributed by atoms with Crippen LogP contribution in [-0.2, 0) is 4.79 Å². The Balaban J connectivity index is 3.64. The van der Waals surface area contributed by atoms with Crippen molar-refractivity contribution in [1.29, 1.82) is 0 Å². The zero-order valence-corrected chi connectivity index (χ0v) is 10.9. The van der Waals surface area contributed by atoms with Gasteiger partial charge in [-0.2, -0.15) is 0 Å². The summed E-state index contributed by atoms with van der Waals surface area (Å²) in [6.07, 6.45) is 2.67. The quantitative estimate of drug-likeness (QED) is 0.527. The van der Waals surface area contributed by atoms with Crippen molar-refractivity contribution < 1.29 is 9.90 Å². The minimum Gasteiger partial charge on any atom is -0.480 e. The Morgan fingerprint density at radius 2 is 1.75 bits per heavy atom. The van der Waals surface area contributed by atoms with E-state index in [1.165, 1.54) is 0 Å². The van der Waals surface area contributed by atoms with Crippen LogP contribution in [0.2, 0.25) is 0 Å². The van der Waals surface area contributed by atoms with Gasteiger partial charge in [0.05, 0.1) is 0 Å². The minimum atomic E-state index is -0.745. The first-order chi connectivity index (χ1) is 7.43. The van der Waals surface area contributed by atoms with Crippen molar-refractivity contribution in [2.75, 3.05) is 6.54 Å². The van der Waals surface area contributed by atoms with Gasteiger partial charge >= 0.3 is 5.97 Å². The van der Waals surface area contributed by atoms with E-state index in [-0.39, 0.29) is 6.04 Å². The molecule has 0 rings (SSSR count). The van der Waals surface area contributed by atoms with Gasteiger partial charge in [0.2, 0.25) is 0 Å². The second kappa shape index (κ2) is 8.53. The number of carboxylic acid groups (broad SMARTS) is 1. The lowest BCUT2D eigenvalue weighted by atomic mass is 10.1. The topological polar surface area (TPSA) is 61.4 Å². The van der Waals surface area contributed by atoms with E-state index in [0.29, 0.717) is 12.5 Å². The van der Waals surface area contributed by atoms with E-state index in [1.54, 1.807) is 0 Å². The summed E-state index contributed by atoms with van der Waals surface area (Å²) in [7, 11) is 0. The molecule has 0 fully saturated rings. The Kier molecular flexibility index (Phi) is 8.21. The number of hydrogen-bond acceptors (Lipinski definition) is 3. The van der Waals surface area contributed by atoms with Gasteiger partial charge in [0, 0.05) is 12.1 Å². The molecule has 16 heavy (non-hydrogen) atoms. The fourth-order valence-corrected chi connectivity index (χ4v) is 1.54. The van der Waals surface area contributed by atoms with Crippen molar-refractivity contribution in [3.8, 4) is 0 Å². The summed E-state index contributed by atoms with van der Waals surface area (Å²) >= 11 is 0. The molecule has 0 aromatic carbocycles. The first kappa shape index (κ1) is 15.4. The predicted octanol–water partition coefficient (Wildman–Crippen LogP) is 1.61. The molecule has 3 N–H and O–H groups in total. The molecule has 96 valence electrons. The molecule has 4 heteroatoms. The number of nitrogens with one attached hydrogen (secondary N) is 2. The molecule has 0 amide bonds. The highest BCUT2D eigenvalue weighted by molar-refractivity contribution is 5.73. The van der Waals surface area contributed by atoms with Crippen molar-refractivity contribution in [2.45, 2.75) is 65.1 Å². The Morgan fingerprint density at radius 3 is 2.19 bits per heavy atom. The fourth-order valence-electron chi connectivity index (χ4n) is 1.54. The molecular formula is C12H26N2O2. The van der Waals surface area contributed by atoms with Gasteiger partial charge in [-0.05, 0) is 19.4 Å². The van der Waals surface area contributed by atoms with E-state index in [2.05, 4.69) is 24.5 Å². The Bertz CT molecular complexity index is 193. The van der Waals surface area contributed by atoms with Crippen molar-refractivity contribution >= 4 is 5.97 Å². The summed E-state index contributed by atoms with van der Waals surface area (Å²) in [5.41, 5.74) is 0. The van der Waals surface area contributed by atoms with E-state index in [1.807, 2.05) is 13.8 Å². The standard InChI is InChI=1S/C12H26N2O2/c1-9(2)13-8-6-5-7-11(12(15)16)14-10(3)4/h9-11,13-14H,5-8H2,1-4H3,(H,15,16). The summed E-state index contributed by atoms with van der Waals surface area (Å²) in [5.74, 6) is -0.745. The second-order valence-corrected chi connectivity index (χ2v) is 4.82. The molecule has 0 heterocycles. The lowest BCUT2D eigenvalue weighted by Gasteiger charge is -2.17. The van der Waals surface area contributed by atoms with Crippen LogP contribution < -0.4 is 10.6 Å². The smallest absolute Gasteiger partial charge is 0.320 e. The Labute approximate surface area is 98.8 Å². The Morgan fingerprint density at radius 1 is 1.12 bits per heavy atom. The molecule has 1 unspecified atom stereocenters. The molecule has 0 saturated carbocycles. The second-order valence-electron chi connectivity index (χ2n) is 4.82. The first-order valence-electron chi connectivity index (χ1n) is 6.15. The van der Waals surface area contributed by atoms with Crippen molar-refractivity contribution in [3.63, 3.8) is 0 Å². The summed E-state index contributed by atoms with van der Waals surface area (Å²) in [4.78, 5) is 10.9. The highest BCUT2D eigenvalue weighted by Gasteiger charge is 2.16. The molecule has 0 bridgehead atoms. The third kappa shape index (κ3) is 8.68. The molecule has 0 spiro atoms. The predicted molar refractivity (Wildman–Crippen MR) is 66.7 cm³/mol. The van der Waals surface area contributed by atoms with E-state index in [0.717, 1.165) is 19.4 Å². The normalized spacial score (nSPS) is 13.4. The van der Waals surface area contributed by atoms with E-state index in [4.69, 9.17) is 5.11 Å². The van der Waals surface area contributed by atoms with Gasteiger partial charge in [-0.1, -0.05) is 34.1 Å². The molecule has 1 atom stereocenters. The number of carboxylic acids is 1. The number of rotatable bonds is 9. The molecule has 4 nitrogen and oxygen atoms in total. The fraction of sp³-hybridized carbons (Fsp3) is 0.917. The highest BCUT2D eigenvalue weighted by atomic mass is 16.4. The lowest BCUT2D eigenvalue weighted by Crippen LogP contribution is -2.40. The van der Waals surface area contributed by atoms with Crippen LogP contribution in [0.3, 0.4) is 0 Å². The van der Waals surface area contributed by atoms with Gasteiger partial charge < -0.3 is 15.7 Å². The van der Waals surface area contributed by atoms with Gasteiger partial charge in [-0.25, -0.2) is 0 Å². The SMILES string of the molecule is CC(C)NCCCCC(NC(C)C)C(=O)O. The van der Waals surface area contributed by atoms with Gasteiger partial charge in [-0.15, -0.1) is 0 Å². The summed E-state index contributed by atoms with van der Waals surface area (Å²) in [5, 5.41) is 15.4. The van der Waals surface area contributed by atoms with Gasteiger partial charge in [0.1, 0.15) is 6.04 Å². The molecule has 0 aromatic rings. The van der Waals surface area contributed by atoms with Crippen LogP contribution in [0.15, 0.2) is 0 Å². The van der Waals surface area contributed by atoms with Crippen molar-refractivity contribution in [3.05, 3.63) is 0 Å². The highest BCUT2D eigenvalue weighted by Crippen LogP contribution is 2.02. The van der Waals surface area contributed by atoms with Crippen LogP contribution in [0.4, 0.5) is 0 Å². The van der Waals surface area contributed by atoms with E-state index >= 15 is 0 Å². The Hall–Kier alpha value is -0.610. The van der Waals surface area contributed by atoms with Crippen LogP contribution in [0.5, 0.6) is 0 Å². The average Bonchev–Trinajstić information content (AvgIpc) is 2.14. The number of hydrogen-bond donors (Lipinski definition) is 3. The van der Waals surface area contributed by atoms with Gasteiger partial charge in [0.25, 0.3) is 0 Å². The maximum Gasteiger partial charge on any atom is 0.320 e. The number of carbonyl (C=O) groups is 1. The zero-order valence-electron chi connectivity index (χ0n) is 10.9. The van der Waals surface area contributed by atoms with Crippen LogP contribution >= 0.6 is 0 Å². The monoisotopic (exact) mass is 230 g/mol. The molecule has 0 radical (unpaired) electrons. The first-order valence-corrected chi connectivity index (χ1v) is 6.15. The third-order valence-corrected chi connectivity index (χ3v) is 2.30. The van der Waals surface area contributed by atoms with Gasteiger partial charge in [-0.3, -0.25) is 4.79 Å². The van der Waals surface area contributed by atoms with E-state index in [9.17, 15) is 4.79 Å². The summed E-state index contributed by atoms with van der Waals surface area (Å²) in [6, 6.07) is 0.318. The van der Waals surface area contributed by atoms with Crippen LogP contribution in [0.25, 0.3) is 0 Å². The van der Waals surface area contributed by atoms with Crippen molar-refractivity contribution in [2.24, 2.45) is 0 Å². The lowest BCUT2D eigenvalue weighted by molar-refractivity contribution is -0.139. The molecular weight excluding hydrogens is 204 g/mol. The maximum absolute atomic E-state index is 10.9. The minimum absolute atomic E-state index is 0.217. The van der Waals surface area contributed by atoms with Crippen LogP contribution in [0.1, 0.15) is 47.0 Å². The molecule has 0 saturated heterocycles. The third-order valence-electron chi connectivity index (χ3n) is 2.30. The zero-order chi connectivity index (χ0) is 12.6. The number of aliphatic carboxylic acids is 1. The molecule has 0 aliphatic heterocycles. The average molecular weight is 230 g/mol. The van der Waals surface area contributed by atoms with Crippen LogP contribution in [-0.4, -0.2) is 35.7 Å². The molecule has 0 aromatic heterocycles. The van der Waals surface area contributed by atoms with Gasteiger partial charge in [0.15, 0.2) is 0 Å². The number of unbranched alkanes of at least 4 members (excludes halogenated alkanes) is 1. The van der Waals surface area contributed by atoms with Crippen molar-refractivity contribution in [1.82, 2.24) is 10.6 Å². The molecule has 0 aliphatic rings. The van der Waals surface area contributed by atoms with Crippen LogP contribution in [0, 0.1) is 0 Å². The summed E-state index contributed by atoms with van der Waals surface area (Å²) in [6.45, 7) is 9.12. The summed E-state index contributed by atoms with van der Waals surface area (Å²) < 4.78 is 0. The molecule has 0 aliphatic carbocycles.